The van der Waals surface area contributed by atoms with E-state index in [9.17, 15) is 0 Å². The molecule has 0 spiro atoms. The van der Waals surface area contributed by atoms with Crippen molar-refractivity contribution in [1.82, 2.24) is 4.98 Å². The fraction of sp³-hybridized carbons (Fsp3) is 0.154. The first kappa shape index (κ1) is 8.48. The molecule has 0 amide bonds. The van der Waals surface area contributed by atoms with Gasteiger partial charge in [-0.3, -0.25) is 0 Å². The molecule has 0 aliphatic heterocycles. The molecule has 0 fully saturated rings. The summed E-state index contributed by atoms with van der Waals surface area (Å²) in [5.41, 5.74) is 1.86. The molecule has 74 valence electrons. The number of oxazole rings is 1. The highest BCUT2D eigenvalue weighted by Crippen LogP contribution is 2.25. The van der Waals surface area contributed by atoms with Crippen molar-refractivity contribution in [3.05, 3.63) is 42.3 Å². The SMILES string of the molecule is CCc1nc2c(ccc3ccccc32)o1. The van der Waals surface area contributed by atoms with Gasteiger partial charge in [0.15, 0.2) is 11.5 Å². The standard InChI is InChI=1S/C13H11NO/c1-2-12-14-13-10-6-4-3-5-9(10)7-8-11(13)15-12/h3-8H,2H2,1H3. The summed E-state index contributed by atoms with van der Waals surface area (Å²) in [7, 11) is 0. The lowest BCUT2D eigenvalue weighted by molar-refractivity contribution is 0.538. The Morgan fingerprint density at radius 2 is 2.00 bits per heavy atom. The Labute approximate surface area is 87.5 Å². The first-order valence-corrected chi connectivity index (χ1v) is 5.15. The van der Waals surface area contributed by atoms with Gasteiger partial charge in [0.05, 0.1) is 0 Å². The van der Waals surface area contributed by atoms with Crippen LogP contribution < -0.4 is 0 Å². The number of hydrogen-bond donors (Lipinski definition) is 0. The third-order valence-corrected chi connectivity index (χ3v) is 2.63. The largest absolute Gasteiger partial charge is 0.441 e. The van der Waals surface area contributed by atoms with E-state index in [4.69, 9.17) is 4.42 Å². The molecule has 1 heterocycles. The van der Waals surface area contributed by atoms with Crippen LogP contribution in [0.3, 0.4) is 0 Å². The van der Waals surface area contributed by atoms with Gasteiger partial charge in [-0.15, -0.1) is 0 Å². The van der Waals surface area contributed by atoms with Crippen LogP contribution in [0, 0.1) is 0 Å². The summed E-state index contributed by atoms with van der Waals surface area (Å²) in [5, 5.41) is 2.37. The summed E-state index contributed by atoms with van der Waals surface area (Å²) in [5.74, 6) is 0.807. The molecular formula is C13H11NO. The second kappa shape index (κ2) is 3.09. The fourth-order valence-corrected chi connectivity index (χ4v) is 1.86. The highest BCUT2D eigenvalue weighted by Gasteiger charge is 2.06. The van der Waals surface area contributed by atoms with Crippen molar-refractivity contribution in [2.45, 2.75) is 13.3 Å². The first-order valence-electron chi connectivity index (χ1n) is 5.15. The third kappa shape index (κ3) is 1.22. The lowest BCUT2D eigenvalue weighted by Gasteiger charge is -1.95. The average Bonchev–Trinajstić information content (AvgIpc) is 2.72. The summed E-state index contributed by atoms with van der Waals surface area (Å²) in [6, 6.07) is 12.3. The van der Waals surface area contributed by atoms with Gasteiger partial charge in [0.25, 0.3) is 0 Å². The number of hydrogen-bond acceptors (Lipinski definition) is 2. The fourth-order valence-electron chi connectivity index (χ4n) is 1.86. The van der Waals surface area contributed by atoms with E-state index in [0.717, 1.165) is 23.4 Å². The Bertz CT molecular complexity index is 625. The van der Waals surface area contributed by atoms with E-state index < -0.39 is 0 Å². The molecule has 0 N–H and O–H groups in total. The molecule has 0 unspecified atom stereocenters. The molecule has 2 heteroatoms. The normalized spacial score (nSPS) is 11.3. The van der Waals surface area contributed by atoms with Crippen LogP contribution in [-0.4, -0.2) is 4.98 Å². The first-order chi connectivity index (χ1) is 7.38. The van der Waals surface area contributed by atoms with E-state index >= 15 is 0 Å². The molecule has 2 aromatic carbocycles. The quantitative estimate of drug-likeness (QED) is 0.596. The zero-order valence-corrected chi connectivity index (χ0v) is 8.53. The minimum absolute atomic E-state index is 0.807. The lowest BCUT2D eigenvalue weighted by atomic mass is 10.1. The maximum absolute atomic E-state index is 5.61. The minimum Gasteiger partial charge on any atom is -0.441 e. The van der Waals surface area contributed by atoms with Crippen LogP contribution in [0.15, 0.2) is 40.8 Å². The monoisotopic (exact) mass is 197 g/mol. The topological polar surface area (TPSA) is 26.0 Å². The second-order valence-corrected chi connectivity index (χ2v) is 3.59. The molecule has 0 radical (unpaired) electrons. The Balaban J connectivity index is 2.47. The highest BCUT2D eigenvalue weighted by molar-refractivity contribution is 6.03. The van der Waals surface area contributed by atoms with E-state index in [2.05, 4.69) is 23.2 Å². The van der Waals surface area contributed by atoms with Crippen molar-refractivity contribution in [1.29, 1.82) is 0 Å². The van der Waals surface area contributed by atoms with Crippen LogP contribution in [0.5, 0.6) is 0 Å². The van der Waals surface area contributed by atoms with Crippen molar-refractivity contribution in [3.63, 3.8) is 0 Å². The van der Waals surface area contributed by atoms with Crippen molar-refractivity contribution in [2.24, 2.45) is 0 Å². The Morgan fingerprint density at radius 3 is 2.87 bits per heavy atom. The van der Waals surface area contributed by atoms with Crippen LogP contribution in [0.4, 0.5) is 0 Å². The Hall–Kier alpha value is -1.83. The molecule has 3 aromatic rings. The average molecular weight is 197 g/mol. The summed E-state index contributed by atoms with van der Waals surface area (Å²) in [6.45, 7) is 2.05. The van der Waals surface area contributed by atoms with Gasteiger partial charge in [-0.1, -0.05) is 37.3 Å². The zero-order valence-electron chi connectivity index (χ0n) is 8.53. The molecule has 0 saturated carbocycles. The van der Waals surface area contributed by atoms with Gasteiger partial charge >= 0.3 is 0 Å². The molecule has 1 aromatic heterocycles. The summed E-state index contributed by atoms with van der Waals surface area (Å²) >= 11 is 0. The number of aromatic nitrogens is 1. The molecular weight excluding hydrogens is 186 g/mol. The van der Waals surface area contributed by atoms with Gasteiger partial charge in [0.1, 0.15) is 5.52 Å². The van der Waals surface area contributed by atoms with Crippen LogP contribution in [0.2, 0.25) is 0 Å². The van der Waals surface area contributed by atoms with E-state index in [1.54, 1.807) is 0 Å². The van der Waals surface area contributed by atoms with Gasteiger partial charge in [-0.25, -0.2) is 4.98 Å². The van der Waals surface area contributed by atoms with Crippen LogP contribution in [-0.2, 0) is 6.42 Å². The number of benzene rings is 2. The lowest BCUT2D eigenvalue weighted by Crippen LogP contribution is -1.77. The van der Waals surface area contributed by atoms with Gasteiger partial charge < -0.3 is 4.42 Å². The highest BCUT2D eigenvalue weighted by atomic mass is 16.3. The summed E-state index contributed by atoms with van der Waals surface area (Å²) in [4.78, 5) is 4.49. The van der Waals surface area contributed by atoms with Crippen LogP contribution in [0.1, 0.15) is 12.8 Å². The molecule has 0 atom stereocenters. The van der Waals surface area contributed by atoms with Crippen LogP contribution in [0.25, 0.3) is 21.9 Å². The zero-order chi connectivity index (χ0) is 10.3. The molecule has 3 rings (SSSR count). The predicted octanol–water partition coefficient (Wildman–Crippen LogP) is 3.54. The van der Waals surface area contributed by atoms with Gasteiger partial charge in [-0.2, -0.15) is 0 Å². The molecule has 0 saturated heterocycles. The van der Waals surface area contributed by atoms with Crippen molar-refractivity contribution < 1.29 is 4.42 Å². The summed E-state index contributed by atoms with van der Waals surface area (Å²) in [6.07, 6.45) is 0.836. The second-order valence-electron chi connectivity index (χ2n) is 3.59. The summed E-state index contributed by atoms with van der Waals surface area (Å²) < 4.78 is 5.61. The Morgan fingerprint density at radius 1 is 1.13 bits per heavy atom. The number of fused-ring (bicyclic) bond motifs is 3. The van der Waals surface area contributed by atoms with E-state index in [0.29, 0.717) is 0 Å². The van der Waals surface area contributed by atoms with E-state index in [-0.39, 0.29) is 0 Å². The number of nitrogens with zero attached hydrogens (tertiary/aromatic N) is 1. The minimum atomic E-state index is 0.807. The number of rotatable bonds is 1. The maximum Gasteiger partial charge on any atom is 0.195 e. The van der Waals surface area contributed by atoms with Crippen LogP contribution >= 0.6 is 0 Å². The van der Waals surface area contributed by atoms with Gasteiger partial charge in [0.2, 0.25) is 0 Å². The maximum atomic E-state index is 5.61. The smallest absolute Gasteiger partial charge is 0.195 e. The molecule has 0 bridgehead atoms. The van der Waals surface area contributed by atoms with Crippen molar-refractivity contribution in [2.75, 3.05) is 0 Å². The molecule has 15 heavy (non-hydrogen) atoms. The van der Waals surface area contributed by atoms with Crippen molar-refractivity contribution >= 4 is 21.9 Å². The number of aryl methyl sites for hydroxylation is 1. The Kier molecular flexibility index (Phi) is 1.75. The van der Waals surface area contributed by atoms with Gasteiger partial charge in [0, 0.05) is 11.8 Å². The van der Waals surface area contributed by atoms with Gasteiger partial charge in [-0.05, 0) is 11.5 Å². The predicted molar refractivity (Wildman–Crippen MR) is 60.9 cm³/mol. The van der Waals surface area contributed by atoms with E-state index in [1.165, 1.54) is 10.8 Å². The van der Waals surface area contributed by atoms with E-state index in [1.807, 2.05) is 25.1 Å². The van der Waals surface area contributed by atoms with Crippen molar-refractivity contribution in [3.8, 4) is 0 Å². The molecule has 2 nitrogen and oxygen atoms in total. The molecule has 0 aliphatic carbocycles. The third-order valence-electron chi connectivity index (χ3n) is 2.63. The molecule has 0 aliphatic rings.